The molecule has 106 valence electrons. The predicted molar refractivity (Wildman–Crippen MR) is 75.9 cm³/mol. The Labute approximate surface area is 118 Å². The standard InChI is InChI=1S/C14H20ClNO3/c1-16(8-4-3-5-9-17)14(18)12-7-6-11(15)10-13(12)19-2/h6-7,10,17H,3-5,8-9H2,1-2H3. The number of hydrogen-bond acceptors (Lipinski definition) is 3. The summed E-state index contributed by atoms with van der Waals surface area (Å²) in [4.78, 5) is 13.9. The lowest BCUT2D eigenvalue weighted by Crippen LogP contribution is -2.28. The number of aliphatic hydroxyl groups is 1. The highest BCUT2D eigenvalue weighted by atomic mass is 35.5. The first-order chi connectivity index (χ1) is 9.10. The topological polar surface area (TPSA) is 49.8 Å². The molecule has 0 aliphatic carbocycles. The maximum Gasteiger partial charge on any atom is 0.257 e. The molecule has 0 heterocycles. The van der Waals surface area contributed by atoms with E-state index in [1.807, 2.05) is 0 Å². The van der Waals surface area contributed by atoms with Crippen LogP contribution in [0.4, 0.5) is 0 Å². The van der Waals surface area contributed by atoms with Crippen molar-refractivity contribution < 1.29 is 14.6 Å². The van der Waals surface area contributed by atoms with E-state index in [1.54, 1.807) is 30.1 Å². The van der Waals surface area contributed by atoms with Gasteiger partial charge in [0.15, 0.2) is 0 Å². The normalized spacial score (nSPS) is 10.3. The van der Waals surface area contributed by atoms with Gasteiger partial charge in [-0.05, 0) is 37.5 Å². The molecule has 1 aromatic carbocycles. The molecule has 4 nitrogen and oxygen atoms in total. The number of ether oxygens (including phenoxy) is 1. The van der Waals surface area contributed by atoms with Crippen LogP contribution < -0.4 is 4.74 Å². The molecule has 19 heavy (non-hydrogen) atoms. The number of carbonyl (C=O) groups excluding carboxylic acids is 1. The molecule has 1 amide bonds. The molecule has 0 bridgehead atoms. The van der Waals surface area contributed by atoms with Gasteiger partial charge in [0.05, 0.1) is 12.7 Å². The highest BCUT2D eigenvalue weighted by Crippen LogP contribution is 2.24. The highest BCUT2D eigenvalue weighted by molar-refractivity contribution is 6.30. The lowest BCUT2D eigenvalue weighted by Gasteiger charge is -2.18. The maximum absolute atomic E-state index is 12.3. The van der Waals surface area contributed by atoms with E-state index in [2.05, 4.69) is 0 Å². The van der Waals surface area contributed by atoms with Crippen molar-refractivity contribution in [2.75, 3.05) is 27.3 Å². The number of nitrogens with zero attached hydrogens (tertiary/aromatic N) is 1. The highest BCUT2D eigenvalue weighted by Gasteiger charge is 2.16. The minimum Gasteiger partial charge on any atom is -0.496 e. The van der Waals surface area contributed by atoms with Gasteiger partial charge in [-0.15, -0.1) is 0 Å². The monoisotopic (exact) mass is 285 g/mol. The van der Waals surface area contributed by atoms with Crippen LogP contribution in [-0.2, 0) is 0 Å². The second-order valence-electron chi connectivity index (χ2n) is 4.36. The first kappa shape index (κ1) is 15.8. The van der Waals surface area contributed by atoms with Crippen LogP contribution in [0.25, 0.3) is 0 Å². The maximum atomic E-state index is 12.3. The lowest BCUT2D eigenvalue weighted by molar-refractivity contribution is 0.0789. The molecular formula is C14H20ClNO3. The van der Waals surface area contributed by atoms with Gasteiger partial charge >= 0.3 is 0 Å². The zero-order chi connectivity index (χ0) is 14.3. The summed E-state index contributed by atoms with van der Waals surface area (Å²) in [7, 11) is 3.28. The zero-order valence-corrected chi connectivity index (χ0v) is 12.1. The summed E-state index contributed by atoms with van der Waals surface area (Å²) in [6, 6.07) is 4.99. The molecule has 0 aromatic heterocycles. The SMILES string of the molecule is COc1cc(Cl)ccc1C(=O)N(C)CCCCCO. The number of amides is 1. The van der Waals surface area contributed by atoms with E-state index >= 15 is 0 Å². The van der Waals surface area contributed by atoms with Crippen LogP contribution in [0.2, 0.25) is 5.02 Å². The second kappa shape index (κ2) is 8.02. The Morgan fingerprint density at radius 2 is 2.11 bits per heavy atom. The smallest absolute Gasteiger partial charge is 0.257 e. The lowest BCUT2D eigenvalue weighted by atomic mass is 10.1. The van der Waals surface area contributed by atoms with Crippen LogP contribution in [-0.4, -0.2) is 43.2 Å². The van der Waals surface area contributed by atoms with Crippen molar-refractivity contribution in [1.82, 2.24) is 4.90 Å². The summed E-state index contributed by atoms with van der Waals surface area (Å²) in [5.74, 6) is 0.400. The number of rotatable bonds is 7. The molecule has 1 rings (SSSR count). The number of methoxy groups -OCH3 is 1. The fourth-order valence-electron chi connectivity index (χ4n) is 1.79. The molecule has 0 saturated carbocycles. The van der Waals surface area contributed by atoms with E-state index in [0.717, 1.165) is 19.3 Å². The van der Waals surface area contributed by atoms with Gasteiger partial charge in [-0.25, -0.2) is 0 Å². The van der Waals surface area contributed by atoms with Crippen molar-refractivity contribution in [2.24, 2.45) is 0 Å². The Kier molecular flexibility index (Phi) is 6.67. The average Bonchev–Trinajstić information content (AvgIpc) is 2.42. The first-order valence-electron chi connectivity index (χ1n) is 6.30. The number of halogens is 1. The number of carbonyl (C=O) groups is 1. The zero-order valence-electron chi connectivity index (χ0n) is 11.4. The number of benzene rings is 1. The minimum atomic E-state index is -0.0856. The van der Waals surface area contributed by atoms with Crippen LogP contribution >= 0.6 is 11.6 Å². The van der Waals surface area contributed by atoms with Crippen molar-refractivity contribution in [2.45, 2.75) is 19.3 Å². The van der Waals surface area contributed by atoms with Gasteiger partial charge < -0.3 is 14.7 Å². The molecule has 0 aliphatic rings. The Balaban J connectivity index is 2.66. The van der Waals surface area contributed by atoms with Gasteiger partial charge in [0.25, 0.3) is 5.91 Å². The summed E-state index contributed by atoms with van der Waals surface area (Å²) in [5.41, 5.74) is 0.511. The van der Waals surface area contributed by atoms with E-state index < -0.39 is 0 Å². The van der Waals surface area contributed by atoms with Gasteiger partial charge in [0.1, 0.15) is 5.75 Å². The molecule has 0 radical (unpaired) electrons. The third-order valence-corrected chi connectivity index (χ3v) is 3.13. The van der Waals surface area contributed by atoms with Crippen LogP contribution in [0.15, 0.2) is 18.2 Å². The summed E-state index contributed by atoms with van der Waals surface area (Å²) in [5, 5.41) is 9.24. The summed E-state index contributed by atoms with van der Waals surface area (Å²) < 4.78 is 5.18. The fourth-order valence-corrected chi connectivity index (χ4v) is 1.95. The molecule has 1 aromatic rings. The summed E-state index contributed by atoms with van der Waals surface area (Å²) in [6.45, 7) is 0.854. The van der Waals surface area contributed by atoms with E-state index in [0.29, 0.717) is 22.9 Å². The molecule has 1 N–H and O–H groups in total. The van der Waals surface area contributed by atoms with E-state index in [9.17, 15) is 4.79 Å². The van der Waals surface area contributed by atoms with Gasteiger partial charge in [-0.1, -0.05) is 11.6 Å². The van der Waals surface area contributed by atoms with E-state index in [1.165, 1.54) is 7.11 Å². The number of hydrogen-bond donors (Lipinski definition) is 1. The summed E-state index contributed by atoms with van der Waals surface area (Å²) in [6.07, 6.45) is 2.55. The molecule has 5 heteroatoms. The van der Waals surface area contributed by atoms with E-state index in [4.69, 9.17) is 21.4 Å². The average molecular weight is 286 g/mol. The second-order valence-corrected chi connectivity index (χ2v) is 4.79. The van der Waals surface area contributed by atoms with Gasteiger partial charge in [-0.2, -0.15) is 0 Å². The molecular weight excluding hydrogens is 266 g/mol. The van der Waals surface area contributed by atoms with Crippen LogP contribution in [0, 0.1) is 0 Å². The first-order valence-corrected chi connectivity index (χ1v) is 6.67. The van der Waals surface area contributed by atoms with Crippen LogP contribution in [0.3, 0.4) is 0 Å². The molecule has 0 spiro atoms. The van der Waals surface area contributed by atoms with Crippen LogP contribution in [0.1, 0.15) is 29.6 Å². The molecule has 0 aliphatic heterocycles. The third kappa shape index (κ3) is 4.73. The van der Waals surface area contributed by atoms with Gasteiger partial charge in [-0.3, -0.25) is 4.79 Å². The van der Waals surface area contributed by atoms with Gasteiger partial charge in [0, 0.05) is 25.2 Å². The Morgan fingerprint density at radius 3 is 2.74 bits per heavy atom. The largest absolute Gasteiger partial charge is 0.496 e. The van der Waals surface area contributed by atoms with Crippen molar-refractivity contribution in [1.29, 1.82) is 0 Å². The molecule has 0 unspecified atom stereocenters. The molecule has 0 fully saturated rings. The Morgan fingerprint density at radius 1 is 1.37 bits per heavy atom. The van der Waals surface area contributed by atoms with Gasteiger partial charge in [0.2, 0.25) is 0 Å². The minimum absolute atomic E-state index is 0.0856. The van der Waals surface area contributed by atoms with Crippen molar-refractivity contribution in [3.8, 4) is 5.75 Å². The summed E-state index contributed by atoms with van der Waals surface area (Å²) >= 11 is 5.87. The predicted octanol–water partition coefficient (Wildman–Crippen LogP) is 2.58. The Bertz CT molecular complexity index is 423. The third-order valence-electron chi connectivity index (χ3n) is 2.89. The fraction of sp³-hybridized carbons (Fsp3) is 0.500. The van der Waals surface area contributed by atoms with Crippen molar-refractivity contribution in [3.63, 3.8) is 0 Å². The van der Waals surface area contributed by atoms with Crippen molar-refractivity contribution >= 4 is 17.5 Å². The van der Waals surface area contributed by atoms with Crippen LogP contribution in [0.5, 0.6) is 5.75 Å². The molecule has 0 saturated heterocycles. The number of aliphatic hydroxyl groups excluding tert-OH is 1. The Hall–Kier alpha value is -1.26. The quantitative estimate of drug-likeness (QED) is 0.784. The molecule has 0 atom stereocenters. The number of unbranched alkanes of at least 4 members (excludes halogenated alkanes) is 2. The van der Waals surface area contributed by atoms with E-state index in [-0.39, 0.29) is 12.5 Å². The van der Waals surface area contributed by atoms with Crippen molar-refractivity contribution in [3.05, 3.63) is 28.8 Å².